The molecule has 1 heterocycles. The molecule has 4 nitrogen and oxygen atoms in total. The van der Waals surface area contributed by atoms with E-state index in [4.69, 9.17) is 8.84 Å². The van der Waals surface area contributed by atoms with Gasteiger partial charge in [0.15, 0.2) is 8.32 Å². The van der Waals surface area contributed by atoms with Gasteiger partial charge in [0.1, 0.15) is 11.9 Å². The molecule has 0 radical (unpaired) electrons. The molecule has 5 heteroatoms. The molecule has 0 saturated heterocycles. The number of carbonyl (C=O) groups is 1. The molecule has 0 aliphatic rings. The first-order valence-corrected chi connectivity index (χ1v) is 10.9. The lowest BCUT2D eigenvalue weighted by molar-refractivity contribution is -0.119. The quantitative estimate of drug-likeness (QED) is 0.619. The van der Waals surface area contributed by atoms with Crippen LogP contribution in [0.25, 0.3) is 0 Å². The van der Waals surface area contributed by atoms with Gasteiger partial charge in [0.2, 0.25) is 5.91 Å². The molecule has 0 saturated carbocycles. The Kier molecular flexibility index (Phi) is 5.70. The zero-order valence-electron chi connectivity index (χ0n) is 15.7. The van der Waals surface area contributed by atoms with Crippen LogP contribution in [0.1, 0.15) is 53.4 Å². The highest BCUT2D eigenvalue weighted by Gasteiger charge is 2.41. The summed E-state index contributed by atoms with van der Waals surface area (Å²) in [5, 5.41) is 2.97. The van der Waals surface area contributed by atoms with Gasteiger partial charge in [-0.2, -0.15) is 0 Å². The van der Waals surface area contributed by atoms with Crippen LogP contribution in [0.5, 0.6) is 0 Å². The first kappa shape index (κ1) is 19.7. The summed E-state index contributed by atoms with van der Waals surface area (Å²) in [5.74, 6) is 0.404. The van der Waals surface area contributed by atoms with Crippen molar-refractivity contribution in [3.8, 4) is 0 Å². The van der Waals surface area contributed by atoms with Crippen LogP contribution in [-0.2, 0) is 9.22 Å². The van der Waals surface area contributed by atoms with Crippen molar-refractivity contribution in [2.24, 2.45) is 0 Å². The molecule has 0 bridgehead atoms. The number of rotatable bonds is 5. The Labute approximate surface area is 141 Å². The Morgan fingerprint density at radius 3 is 2.22 bits per heavy atom. The van der Waals surface area contributed by atoms with E-state index in [0.717, 1.165) is 0 Å². The Morgan fingerprint density at radius 1 is 1.26 bits per heavy atom. The Hall–Kier alpha value is -1.33. The summed E-state index contributed by atoms with van der Waals surface area (Å²) in [6.45, 7) is 20.6. The third kappa shape index (κ3) is 5.36. The molecule has 0 fully saturated rings. The van der Waals surface area contributed by atoms with E-state index >= 15 is 0 Å². The number of hydrogen-bond donors (Lipinski definition) is 1. The fraction of sp³-hybridized carbons (Fsp3) is 0.611. The number of carbonyl (C=O) groups excluding carboxylic acids is 1. The fourth-order valence-electron chi connectivity index (χ4n) is 1.75. The smallest absolute Gasteiger partial charge is 0.250 e. The number of furan rings is 1. The molecule has 1 atom stereocenters. The zero-order valence-corrected chi connectivity index (χ0v) is 16.7. The van der Waals surface area contributed by atoms with Crippen LogP contribution in [0.15, 0.2) is 35.0 Å². The molecule has 0 aromatic carbocycles. The summed E-state index contributed by atoms with van der Waals surface area (Å²) in [7, 11) is -2.09. The predicted molar refractivity (Wildman–Crippen MR) is 96.8 cm³/mol. The standard InChI is InChI=1S/C18H31NO3Si/c1-13(16(20)19-17(2,3)4)15(14-11-10-12-21-14)22-23(8,9)18(5,6)7/h10-12,15H,1H2,2-9H3,(H,19,20)/t15-/m0/s1. The summed E-state index contributed by atoms with van der Waals surface area (Å²) in [5.41, 5.74) is 0.0461. The normalized spacial score (nSPS) is 14.4. The van der Waals surface area contributed by atoms with Crippen LogP contribution >= 0.6 is 0 Å². The Bertz CT molecular complexity index is 548. The zero-order chi connectivity index (χ0) is 18.1. The first-order valence-electron chi connectivity index (χ1n) is 7.97. The average molecular weight is 338 g/mol. The average Bonchev–Trinajstić information content (AvgIpc) is 2.85. The molecule has 1 N–H and O–H groups in total. The molecule has 0 spiro atoms. The van der Waals surface area contributed by atoms with Crippen LogP contribution in [0, 0.1) is 0 Å². The van der Waals surface area contributed by atoms with Crippen molar-refractivity contribution in [2.45, 2.75) is 71.3 Å². The van der Waals surface area contributed by atoms with Crippen molar-refractivity contribution in [1.82, 2.24) is 5.32 Å². The van der Waals surface area contributed by atoms with Gasteiger partial charge in [-0.3, -0.25) is 4.79 Å². The molecule has 0 aliphatic heterocycles. The highest BCUT2D eigenvalue weighted by molar-refractivity contribution is 6.74. The second-order valence-electron chi connectivity index (χ2n) is 8.50. The topological polar surface area (TPSA) is 51.5 Å². The Morgan fingerprint density at radius 2 is 1.83 bits per heavy atom. The van der Waals surface area contributed by atoms with E-state index < -0.39 is 14.4 Å². The maximum Gasteiger partial charge on any atom is 0.250 e. The van der Waals surface area contributed by atoms with E-state index in [1.807, 2.05) is 26.8 Å². The van der Waals surface area contributed by atoms with Crippen molar-refractivity contribution in [3.63, 3.8) is 0 Å². The molecule has 1 aromatic heterocycles. The van der Waals surface area contributed by atoms with Crippen LogP contribution in [0.3, 0.4) is 0 Å². The van der Waals surface area contributed by atoms with Gasteiger partial charge in [0.05, 0.1) is 6.26 Å². The minimum atomic E-state index is -2.09. The number of hydrogen-bond acceptors (Lipinski definition) is 3. The van der Waals surface area contributed by atoms with E-state index in [-0.39, 0.29) is 16.5 Å². The SMILES string of the molecule is C=C(C(=O)NC(C)(C)C)[C@H](O[Si](C)(C)C(C)(C)C)c1ccco1. The number of nitrogens with one attached hydrogen (secondary N) is 1. The minimum absolute atomic E-state index is 0.0264. The van der Waals surface area contributed by atoms with Gasteiger partial charge in [0.25, 0.3) is 0 Å². The lowest BCUT2D eigenvalue weighted by Crippen LogP contribution is -2.45. The lowest BCUT2D eigenvalue weighted by Gasteiger charge is -2.39. The van der Waals surface area contributed by atoms with Crippen LogP contribution in [0.2, 0.25) is 18.1 Å². The summed E-state index contributed by atoms with van der Waals surface area (Å²) < 4.78 is 11.9. The Balaban J connectivity index is 3.08. The van der Waals surface area contributed by atoms with Crippen LogP contribution < -0.4 is 5.32 Å². The molecule has 1 amide bonds. The van der Waals surface area contributed by atoms with E-state index in [2.05, 4.69) is 45.8 Å². The van der Waals surface area contributed by atoms with Gasteiger partial charge >= 0.3 is 0 Å². The molecule has 0 aliphatic carbocycles. The predicted octanol–water partition coefficient (Wildman–Crippen LogP) is 4.81. The van der Waals surface area contributed by atoms with Crippen molar-refractivity contribution < 1.29 is 13.6 Å². The third-order valence-electron chi connectivity index (χ3n) is 4.12. The second kappa shape index (κ2) is 6.65. The maximum absolute atomic E-state index is 12.5. The van der Waals surface area contributed by atoms with Gasteiger partial charge in [-0.25, -0.2) is 0 Å². The fourth-order valence-corrected chi connectivity index (χ4v) is 2.95. The maximum atomic E-state index is 12.5. The molecular formula is C18H31NO3Si. The molecular weight excluding hydrogens is 306 g/mol. The highest BCUT2D eigenvalue weighted by atomic mass is 28.4. The molecule has 1 rings (SSSR count). The largest absolute Gasteiger partial charge is 0.466 e. The van der Waals surface area contributed by atoms with Gasteiger partial charge in [0, 0.05) is 11.1 Å². The van der Waals surface area contributed by atoms with Crippen LogP contribution in [-0.4, -0.2) is 19.8 Å². The number of amides is 1. The first-order chi connectivity index (χ1) is 10.2. The minimum Gasteiger partial charge on any atom is -0.466 e. The van der Waals surface area contributed by atoms with Crippen LogP contribution in [0.4, 0.5) is 0 Å². The van der Waals surface area contributed by atoms with Crippen molar-refractivity contribution in [1.29, 1.82) is 0 Å². The van der Waals surface area contributed by atoms with E-state index in [1.54, 1.807) is 12.3 Å². The third-order valence-corrected chi connectivity index (χ3v) is 8.55. The lowest BCUT2D eigenvalue weighted by atomic mass is 10.1. The summed E-state index contributed by atoms with van der Waals surface area (Å²) in [4.78, 5) is 12.5. The van der Waals surface area contributed by atoms with E-state index in [1.165, 1.54) is 0 Å². The monoisotopic (exact) mass is 337 g/mol. The van der Waals surface area contributed by atoms with Gasteiger partial charge in [-0.15, -0.1) is 0 Å². The molecule has 23 heavy (non-hydrogen) atoms. The van der Waals surface area contributed by atoms with E-state index in [0.29, 0.717) is 11.3 Å². The summed E-state index contributed by atoms with van der Waals surface area (Å²) >= 11 is 0. The molecule has 1 aromatic rings. The van der Waals surface area contributed by atoms with Crippen molar-refractivity contribution in [2.75, 3.05) is 0 Å². The van der Waals surface area contributed by atoms with Gasteiger partial charge in [-0.1, -0.05) is 27.4 Å². The van der Waals surface area contributed by atoms with Crippen molar-refractivity contribution in [3.05, 3.63) is 36.3 Å². The second-order valence-corrected chi connectivity index (χ2v) is 13.3. The van der Waals surface area contributed by atoms with Crippen molar-refractivity contribution >= 4 is 14.2 Å². The van der Waals surface area contributed by atoms with Gasteiger partial charge in [-0.05, 0) is 51.0 Å². The summed E-state index contributed by atoms with van der Waals surface area (Å²) in [6.07, 6.45) is 1.03. The highest BCUT2D eigenvalue weighted by Crippen LogP contribution is 2.41. The van der Waals surface area contributed by atoms with Gasteiger partial charge < -0.3 is 14.2 Å². The molecule has 0 unspecified atom stereocenters. The molecule has 130 valence electrons. The van der Waals surface area contributed by atoms with E-state index in [9.17, 15) is 4.79 Å². The summed E-state index contributed by atoms with van der Waals surface area (Å²) in [6, 6.07) is 3.62.